The Labute approximate surface area is 108 Å². The first-order valence-corrected chi connectivity index (χ1v) is 6.80. The number of rotatable bonds is 3. The number of carbonyl (C=O) groups is 1. The molecule has 3 heteroatoms. The molecule has 1 aliphatic carbocycles. The molecule has 2 heterocycles. The SMILES string of the molecule is CC(C)NCC1=CC2=CC=CC3CCN(C1=O)C23. The van der Waals surface area contributed by atoms with Gasteiger partial charge in [-0.25, -0.2) is 0 Å². The first kappa shape index (κ1) is 11.7. The fourth-order valence-corrected chi connectivity index (χ4v) is 3.10. The highest BCUT2D eigenvalue weighted by Gasteiger charge is 2.41. The summed E-state index contributed by atoms with van der Waals surface area (Å²) >= 11 is 0. The summed E-state index contributed by atoms with van der Waals surface area (Å²) in [6.07, 6.45) is 9.73. The molecule has 0 bridgehead atoms. The van der Waals surface area contributed by atoms with E-state index in [2.05, 4.69) is 48.4 Å². The average molecular weight is 244 g/mol. The highest BCUT2D eigenvalue weighted by molar-refractivity contribution is 5.97. The highest BCUT2D eigenvalue weighted by atomic mass is 16.2. The third-order valence-corrected chi connectivity index (χ3v) is 4.01. The number of carbonyl (C=O) groups excluding carboxylic acids is 1. The van der Waals surface area contributed by atoms with Crippen molar-refractivity contribution < 1.29 is 4.79 Å². The van der Waals surface area contributed by atoms with Crippen LogP contribution in [-0.2, 0) is 4.79 Å². The van der Waals surface area contributed by atoms with E-state index in [4.69, 9.17) is 0 Å². The van der Waals surface area contributed by atoms with Gasteiger partial charge >= 0.3 is 0 Å². The Kier molecular flexibility index (Phi) is 2.86. The van der Waals surface area contributed by atoms with Gasteiger partial charge in [-0.1, -0.05) is 32.1 Å². The number of allylic oxidation sites excluding steroid dienone is 2. The normalized spacial score (nSPS) is 29.5. The Morgan fingerprint density at radius 1 is 1.50 bits per heavy atom. The van der Waals surface area contributed by atoms with E-state index in [1.165, 1.54) is 5.57 Å². The summed E-state index contributed by atoms with van der Waals surface area (Å²) < 4.78 is 0. The summed E-state index contributed by atoms with van der Waals surface area (Å²) in [5.74, 6) is 0.757. The first-order chi connectivity index (χ1) is 8.66. The lowest BCUT2D eigenvalue weighted by Crippen LogP contribution is -2.45. The van der Waals surface area contributed by atoms with Crippen LogP contribution >= 0.6 is 0 Å². The fourth-order valence-electron chi connectivity index (χ4n) is 3.10. The molecular weight excluding hydrogens is 224 g/mol. The van der Waals surface area contributed by atoms with Gasteiger partial charge in [0.1, 0.15) is 0 Å². The molecule has 1 saturated heterocycles. The molecule has 96 valence electrons. The van der Waals surface area contributed by atoms with Crippen LogP contribution in [0.2, 0.25) is 0 Å². The molecule has 2 aliphatic heterocycles. The Hall–Kier alpha value is -1.35. The molecule has 3 nitrogen and oxygen atoms in total. The second-order valence-corrected chi connectivity index (χ2v) is 5.65. The largest absolute Gasteiger partial charge is 0.331 e. The van der Waals surface area contributed by atoms with Crippen LogP contribution in [0.3, 0.4) is 0 Å². The lowest BCUT2D eigenvalue weighted by molar-refractivity contribution is -0.128. The van der Waals surface area contributed by atoms with Crippen molar-refractivity contribution in [1.82, 2.24) is 10.2 Å². The minimum Gasteiger partial charge on any atom is -0.331 e. The average Bonchev–Trinajstić information content (AvgIpc) is 2.77. The summed E-state index contributed by atoms with van der Waals surface area (Å²) in [6, 6.07) is 0.716. The van der Waals surface area contributed by atoms with E-state index in [0.29, 0.717) is 24.5 Å². The maximum absolute atomic E-state index is 12.4. The van der Waals surface area contributed by atoms with Gasteiger partial charge in [-0.05, 0) is 18.1 Å². The zero-order chi connectivity index (χ0) is 12.7. The number of nitrogens with zero attached hydrogens (tertiary/aromatic N) is 1. The van der Waals surface area contributed by atoms with Gasteiger partial charge < -0.3 is 10.2 Å². The molecule has 1 N–H and O–H groups in total. The molecule has 0 saturated carbocycles. The monoisotopic (exact) mass is 244 g/mol. The summed E-state index contributed by atoms with van der Waals surface area (Å²) in [5, 5.41) is 3.34. The molecule has 1 amide bonds. The predicted octanol–water partition coefficient (Wildman–Crippen LogP) is 1.64. The minimum absolute atomic E-state index is 0.225. The quantitative estimate of drug-likeness (QED) is 0.818. The maximum atomic E-state index is 12.4. The van der Waals surface area contributed by atoms with Crippen molar-refractivity contribution in [3.05, 3.63) is 35.5 Å². The van der Waals surface area contributed by atoms with Crippen molar-refractivity contribution in [3.8, 4) is 0 Å². The first-order valence-electron chi connectivity index (χ1n) is 6.80. The van der Waals surface area contributed by atoms with Gasteiger partial charge in [0.25, 0.3) is 5.91 Å². The summed E-state index contributed by atoms with van der Waals surface area (Å²) in [4.78, 5) is 14.5. The third-order valence-electron chi connectivity index (χ3n) is 4.01. The number of hydrogen-bond donors (Lipinski definition) is 1. The minimum atomic E-state index is 0.225. The second-order valence-electron chi connectivity index (χ2n) is 5.65. The van der Waals surface area contributed by atoms with Gasteiger partial charge in [0, 0.05) is 30.6 Å². The molecule has 0 spiro atoms. The summed E-state index contributed by atoms with van der Waals surface area (Å²) in [5.41, 5.74) is 2.21. The van der Waals surface area contributed by atoms with Crippen molar-refractivity contribution in [2.75, 3.05) is 13.1 Å². The van der Waals surface area contributed by atoms with Gasteiger partial charge in [-0.3, -0.25) is 4.79 Å². The van der Waals surface area contributed by atoms with E-state index < -0.39 is 0 Å². The van der Waals surface area contributed by atoms with Crippen molar-refractivity contribution >= 4 is 5.91 Å². The molecule has 3 aliphatic rings. The Morgan fingerprint density at radius 3 is 3.11 bits per heavy atom. The number of nitrogens with one attached hydrogen (secondary N) is 1. The van der Waals surface area contributed by atoms with E-state index in [9.17, 15) is 4.79 Å². The van der Waals surface area contributed by atoms with Gasteiger partial charge in [0.2, 0.25) is 0 Å². The molecule has 2 atom stereocenters. The Bertz CT molecular complexity index is 459. The fraction of sp³-hybridized carbons (Fsp3) is 0.533. The number of amides is 1. The van der Waals surface area contributed by atoms with Gasteiger partial charge in [-0.15, -0.1) is 0 Å². The summed E-state index contributed by atoms with van der Waals surface area (Å²) in [7, 11) is 0. The van der Waals surface area contributed by atoms with E-state index >= 15 is 0 Å². The Balaban J connectivity index is 1.88. The third kappa shape index (κ3) is 1.83. The van der Waals surface area contributed by atoms with Gasteiger partial charge in [0.15, 0.2) is 0 Å². The van der Waals surface area contributed by atoms with Crippen molar-refractivity contribution in [2.45, 2.75) is 32.4 Å². The van der Waals surface area contributed by atoms with Gasteiger partial charge in [0.05, 0.1) is 6.04 Å². The standard InChI is InChI=1S/C15H20N2O/c1-10(2)16-9-13-8-12-5-3-4-11-6-7-17(14(11)12)15(13)18/h3-5,8,10-11,14,16H,6-7,9H2,1-2H3. The van der Waals surface area contributed by atoms with Crippen LogP contribution in [0.15, 0.2) is 35.5 Å². The lowest BCUT2D eigenvalue weighted by Gasteiger charge is -2.35. The van der Waals surface area contributed by atoms with E-state index in [1.54, 1.807) is 0 Å². The van der Waals surface area contributed by atoms with Crippen LogP contribution < -0.4 is 5.32 Å². The molecule has 0 aromatic carbocycles. The highest BCUT2D eigenvalue weighted by Crippen LogP contribution is 2.37. The summed E-state index contributed by atoms with van der Waals surface area (Å²) in [6.45, 7) is 5.77. The lowest BCUT2D eigenvalue weighted by atomic mass is 9.86. The molecule has 3 rings (SSSR count). The van der Waals surface area contributed by atoms with Crippen LogP contribution in [0, 0.1) is 5.92 Å². The molecule has 1 fully saturated rings. The molecule has 0 aromatic rings. The van der Waals surface area contributed by atoms with Crippen LogP contribution in [0.5, 0.6) is 0 Å². The van der Waals surface area contributed by atoms with Crippen LogP contribution in [0.25, 0.3) is 0 Å². The van der Waals surface area contributed by atoms with Gasteiger partial charge in [-0.2, -0.15) is 0 Å². The van der Waals surface area contributed by atoms with Crippen LogP contribution in [0.4, 0.5) is 0 Å². The second kappa shape index (κ2) is 4.39. The zero-order valence-electron chi connectivity index (χ0n) is 11.0. The van der Waals surface area contributed by atoms with Crippen molar-refractivity contribution in [3.63, 3.8) is 0 Å². The van der Waals surface area contributed by atoms with Crippen LogP contribution in [0.1, 0.15) is 20.3 Å². The molecule has 0 aromatic heterocycles. The molecular formula is C15H20N2O. The number of hydrogen-bond acceptors (Lipinski definition) is 2. The Morgan fingerprint density at radius 2 is 2.33 bits per heavy atom. The van der Waals surface area contributed by atoms with Crippen molar-refractivity contribution in [1.29, 1.82) is 0 Å². The molecule has 0 radical (unpaired) electrons. The smallest absolute Gasteiger partial charge is 0.251 e. The topological polar surface area (TPSA) is 32.3 Å². The van der Waals surface area contributed by atoms with E-state index in [1.807, 2.05) is 0 Å². The van der Waals surface area contributed by atoms with Crippen LogP contribution in [-0.4, -0.2) is 36.0 Å². The maximum Gasteiger partial charge on any atom is 0.251 e. The molecule has 2 unspecified atom stereocenters. The van der Waals surface area contributed by atoms with Crippen molar-refractivity contribution in [2.24, 2.45) is 5.92 Å². The predicted molar refractivity (Wildman–Crippen MR) is 72.1 cm³/mol. The molecule has 18 heavy (non-hydrogen) atoms. The zero-order valence-corrected chi connectivity index (χ0v) is 11.0. The van der Waals surface area contributed by atoms with E-state index in [0.717, 1.165) is 18.5 Å². The van der Waals surface area contributed by atoms with E-state index in [-0.39, 0.29) is 5.91 Å².